The van der Waals surface area contributed by atoms with Crippen LogP contribution < -0.4 is 15.1 Å². The van der Waals surface area contributed by atoms with Crippen molar-refractivity contribution in [3.8, 4) is 5.75 Å². The number of ether oxygens (including phenoxy) is 1. The van der Waals surface area contributed by atoms with Crippen LogP contribution in [-0.2, 0) is 6.61 Å². The van der Waals surface area contributed by atoms with Gasteiger partial charge in [0.25, 0.3) is 5.91 Å². The Morgan fingerprint density at radius 2 is 1.76 bits per heavy atom. The fourth-order valence-corrected chi connectivity index (χ4v) is 5.23. The van der Waals surface area contributed by atoms with Crippen molar-refractivity contribution in [2.24, 2.45) is 5.10 Å². The van der Waals surface area contributed by atoms with E-state index in [4.69, 9.17) is 4.74 Å². The maximum atomic E-state index is 12.4. The first kappa shape index (κ1) is 23.5. The van der Waals surface area contributed by atoms with Crippen LogP contribution in [0.1, 0.15) is 39.9 Å². The van der Waals surface area contributed by atoms with Crippen LogP contribution in [0, 0.1) is 6.92 Å². The number of amides is 1. The molecule has 7 heteroatoms. The first-order valence-corrected chi connectivity index (χ1v) is 12.4. The zero-order chi connectivity index (χ0) is 23.2. The molecular weight excluding hydrogens is 546 g/mol. The number of hydrogen-bond acceptors (Lipinski definition) is 4. The average molecular weight is 571 g/mol. The third-order valence-electron chi connectivity index (χ3n) is 5.47. The molecule has 0 aliphatic carbocycles. The number of benzene rings is 3. The monoisotopic (exact) mass is 569 g/mol. The van der Waals surface area contributed by atoms with Crippen molar-refractivity contribution >= 4 is 49.7 Å². The normalized spacial score (nSPS) is 13.5. The van der Waals surface area contributed by atoms with E-state index in [0.717, 1.165) is 44.6 Å². The third-order valence-corrected chi connectivity index (χ3v) is 6.64. The topological polar surface area (TPSA) is 53.9 Å². The van der Waals surface area contributed by atoms with E-state index < -0.39 is 0 Å². The van der Waals surface area contributed by atoms with Crippen molar-refractivity contribution in [1.29, 1.82) is 0 Å². The molecule has 5 nitrogen and oxygen atoms in total. The highest BCUT2D eigenvalue weighted by Gasteiger charge is 2.13. The van der Waals surface area contributed by atoms with Crippen LogP contribution in [-0.4, -0.2) is 25.2 Å². The Bertz CT molecular complexity index is 1130. The standard InChI is InChI=1S/C26H25Br2N3O2/c1-18-5-4-6-19(13-18)17-33-25-23(27)14-20(15-24(25)28)16-29-30-26(32)21-7-9-22(10-8-21)31-11-2-3-12-31/h4-10,13-16H,2-3,11-12,17H2,1H3,(H,30,32)/b29-16-. The average Bonchev–Trinajstić information content (AvgIpc) is 3.34. The maximum absolute atomic E-state index is 12.4. The molecule has 1 amide bonds. The first-order valence-electron chi connectivity index (χ1n) is 10.9. The van der Waals surface area contributed by atoms with Crippen molar-refractivity contribution < 1.29 is 9.53 Å². The Balaban J connectivity index is 1.35. The van der Waals surface area contributed by atoms with E-state index in [1.807, 2.05) is 48.5 Å². The molecule has 3 aromatic rings. The van der Waals surface area contributed by atoms with Gasteiger partial charge in [-0.2, -0.15) is 5.10 Å². The highest BCUT2D eigenvalue weighted by atomic mass is 79.9. The summed E-state index contributed by atoms with van der Waals surface area (Å²) in [6, 6.07) is 19.7. The molecule has 0 atom stereocenters. The van der Waals surface area contributed by atoms with E-state index in [1.54, 1.807) is 6.21 Å². The summed E-state index contributed by atoms with van der Waals surface area (Å²) in [5.41, 5.74) is 7.46. The summed E-state index contributed by atoms with van der Waals surface area (Å²) >= 11 is 7.14. The first-order chi connectivity index (χ1) is 16.0. The van der Waals surface area contributed by atoms with Gasteiger partial charge in [-0.15, -0.1) is 0 Å². The van der Waals surface area contributed by atoms with E-state index in [0.29, 0.717) is 12.2 Å². The van der Waals surface area contributed by atoms with Gasteiger partial charge >= 0.3 is 0 Å². The van der Waals surface area contributed by atoms with Crippen LogP contribution in [0.15, 0.2) is 74.7 Å². The number of nitrogens with one attached hydrogen (secondary N) is 1. The molecular formula is C26H25Br2N3O2. The zero-order valence-corrected chi connectivity index (χ0v) is 21.5. The van der Waals surface area contributed by atoms with Gasteiger partial charge < -0.3 is 9.64 Å². The van der Waals surface area contributed by atoms with Crippen LogP contribution in [0.5, 0.6) is 5.75 Å². The fraction of sp³-hybridized carbons (Fsp3) is 0.231. The second-order valence-corrected chi connectivity index (χ2v) is 9.74. The second kappa shape index (κ2) is 11.0. The van der Waals surface area contributed by atoms with Crippen LogP contribution in [0.25, 0.3) is 0 Å². The predicted molar refractivity (Wildman–Crippen MR) is 140 cm³/mol. The molecule has 1 saturated heterocycles. The molecule has 0 bridgehead atoms. The zero-order valence-electron chi connectivity index (χ0n) is 18.4. The van der Waals surface area contributed by atoms with Crippen LogP contribution in [0.3, 0.4) is 0 Å². The number of nitrogens with zero attached hydrogens (tertiary/aromatic N) is 2. The van der Waals surface area contributed by atoms with Crippen molar-refractivity contribution in [2.45, 2.75) is 26.4 Å². The molecule has 3 aromatic carbocycles. The van der Waals surface area contributed by atoms with Gasteiger partial charge in [-0.3, -0.25) is 4.79 Å². The SMILES string of the molecule is Cc1cccc(COc2c(Br)cc(/C=N\NC(=O)c3ccc(N4CCCC4)cc3)cc2Br)c1. The van der Waals surface area contributed by atoms with E-state index in [-0.39, 0.29) is 5.91 Å². The molecule has 0 saturated carbocycles. The van der Waals surface area contributed by atoms with Gasteiger partial charge in [0.05, 0.1) is 15.2 Å². The van der Waals surface area contributed by atoms with Crippen LogP contribution in [0.2, 0.25) is 0 Å². The minimum Gasteiger partial charge on any atom is -0.487 e. The Labute approximate surface area is 211 Å². The molecule has 1 fully saturated rings. The third kappa shape index (κ3) is 6.24. The van der Waals surface area contributed by atoms with E-state index >= 15 is 0 Å². The van der Waals surface area contributed by atoms with Crippen molar-refractivity contribution in [3.63, 3.8) is 0 Å². The summed E-state index contributed by atoms with van der Waals surface area (Å²) in [6.45, 7) is 4.69. The number of halogens is 2. The molecule has 1 aliphatic heterocycles. The molecule has 1 heterocycles. The van der Waals surface area contributed by atoms with Crippen molar-refractivity contribution in [1.82, 2.24) is 5.43 Å². The Morgan fingerprint density at radius 1 is 1.06 bits per heavy atom. The lowest BCUT2D eigenvalue weighted by Crippen LogP contribution is -2.19. The largest absolute Gasteiger partial charge is 0.487 e. The predicted octanol–water partition coefficient (Wildman–Crippen LogP) is 6.46. The number of carbonyl (C=O) groups excluding carboxylic acids is 1. The minimum atomic E-state index is -0.240. The maximum Gasteiger partial charge on any atom is 0.271 e. The summed E-state index contributed by atoms with van der Waals surface area (Å²) in [7, 11) is 0. The van der Waals surface area contributed by atoms with Gasteiger partial charge in [-0.05, 0) is 99.2 Å². The van der Waals surface area contributed by atoms with Gasteiger partial charge in [0.2, 0.25) is 0 Å². The van der Waals surface area contributed by atoms with E-state index in [1.165, 1.54) is 18.4 Å². The number of hydrazone groups is 1. The van der Waals surface area contributed by atoms with Crippen molar-refractivity contribution in [2.75, 3.05) is 18.0 Å². The lowest BCUT2D eigenvalue weighted by atomic mass is 10.1. The van der Waals surface area contributed by atoms with Gasteiger partial charge in [0.15, 0.2) is 0 Å². The summed E-state index contributed by atoms with van der Waals surface area (Å²) in [4.78, 5) is 14.8. The Kier molecular flexibility index (Phi) is 7.83. The summed E-state index contributed by atoms with van der Waals surface area (Å²) in [6.07, 6.45) is 4.06. The highest BCUT2D eigenvalue weighted by molar-refractivity contribution is 9.11. The van der Waals surface area contributed by atoms with Gasteiger partial charge in [0, 0.05) is 24.3 Å². The number of rotatable bonds is 7. The highest BCUT2D eigenvalue weighted by Crippen LogP contribution is 2.35. The van der Waals surface area contributed by atoms with E-state index in [2.05, 4.69) is 66.3 Å². The molecule has 0 radical (unpaired) electrons. The fourth-order valence-electron chi connectivity index (χ4n) is 3.78. The molecule has 1 aliphatic rings. The second-order valence-electron chi connectivity index (χ2n) is 8.03. The Morgan fingerprint density at radius 3 is 2.42 bits per heavy atom. The van der Waals surface area contributed by atoms with Crippen LogP contribution >= 0.6 is 31.9 Å². The van der Waals surface area contributed by atoms with Crippen molar-refractivity contribution in [3.05, 3.63) is 91.9 Å². The molecule has 33 heavy (non-hydrogen) atoms. The lowest BCUT2D eigenvalue weighted by Gasteiger charge is -2.17. The molecule has 0 aromatic heterocycles. The van der Waals surface area contributed by atoms with Gasteiger partial charge in [-0.1, -0.05) is 29.8 Å². The van der Waals surface area contributed by atoms with Gasteiger partial charge in [0.1, 0.15) is 12.4 Å². The quantitative estimate of drug-likeness (QED) is 0.262. The molecule has 4 rings (SSSR count). The lowest BCUT2D eigenvalue weighted by molar-refractivity contribution is 0.0955. The summed E-state index contributed by atoms with van der Waals surface area (Å²) < 4.78 is 7.60. The van der Waals surface area contributed by atoms with E-state index in [9.17, 15) is 4.79 Å². The summed E-state index contributed by atoms with van der Waals surface area (Å²) in [5.74, 6) is 0.478. The van der Waals surface area contributed by atoms with Crippen LogP contribution in [0.4, 0.5) is 5.69 Å². The molecule has 0 unspecified atom stereocenters. The minimum absolute atomic E-state index is 0.240. The number of anilines is 1. The molecule has 170 valence electrons. The van der Waals surface area contributed by atoms with Gasteiger partial charge in [-0.25, -0.2) is 5.43 Å². The molecule has 1 N–H and O–H groups in total. The number of aryl methyl sites for hydroxylation is 1. The smallest absolute Gasteiger partial charge is 0.271 e. The summed E-state index contributed by atoms with van der Waals surface area (Å²) in [5, 5.41) is 4.12. The Hall–Kier alpha value is -2.64. The molecule has 0 spiro atoms. The number of hydrogen-bond donors (Lipinski definition) is 1. The number of carbonyl (C=O) groups is 1.